The summed E-state index contributed by atoms with van der Waals surface area (Å²) < 4.78 is 5.87. The molecule has 1 aromatic heterocycles. The second-order valence-electron chi connectivity index (χ2n) is 10.2. The molecule has 0 spiro atoms. The number of aromatic nitrogens is 1. The number of carbonyl (C=O) groups excluding carboxylic acids is 2. The van der Waals surface area contributed by atoms with Gasteiger partial charge in [-0.1, -0.05) is 24.3 Å². The predicted molar refractivity (Wildman–Crippen MR) is 152 cm³/mol. The van der Waals surface area contributed by atoms with E-state index in [-0.39, 0.29) is 30.7 Å². The van der Waals surface area contributed by atoms with Crippen LogP contribution in [0.15, 0.2) is 73.1 Å². The number of hydrogen-bond acceptors (Lipinski definition) is 6. The second kappa shape index (κ2) is 14.2. The molecule has 9 nitrogen and oxygen atoms in total. The summed E-state index contributed by atoms with van der Waals surface area (Å²) in [4.78, 5) is 41.4. The number of ether oxygens (including phenoxy) is 1. The van der Waals surface area contributed by atoms with Crippen LogP contribution >= 0.6 is 0 Å². The van der Waals surface area contributed by atoms with Crippen LogP contribution in [0.1, 0.15) is 48.3 Å². The molecule has 2 amide bonds. The molecule has 2 aromatic carbocycles. The van der Waals surface area contributed by atoms with Gasteiger partial charge < -0.3 is 26.2 Å². The molecule has 40 heavy (non-hydrogen) atoms. The zero-order valence-corrected chi connectivity index (χ0v) is 22.4. The van der Waals surface area contributed by atoms with Gasteiger partial charge in [0, 0.05) is 30.5 Å². The van der Waals surface area contributed by atoms with Crippen molar-refractivity contribution in [2.75, 3.05) is 18.4 Å². The van der Waals surface area contributed by atoms with Gasteiger partial charge in [-0.25, -0.2) is 0 Å². The van der Waals surface area contributed by atoms with Crippen LogP contribution in [-0.2, 0) is 27.4 Å². The van der Waals surface area contributed by atoms with Crippen LogP contribution < -0.4 is 21.1 Å². The van der Waals surface area contributed by atoms with E-state index < -0.39 is 11.9 Å². The lowest BCUT2D eigenvalue weighted by Crippen LogP contribution is -2.39. The number of nitrogens with one attached hydrogen (secondary N) is 2. The SMILES string of the molecule is NCC1CCC(C(=O)NCC(C(=O)Nc2ccc(CC(=O)O)cc2)c2ccc(OCc3ccncc3)cc2)CC1. The summed E-state index contributed by atoms with van der Waals surface area (Å²) in [7, 11) is 0. The molecule has 0 aliphatic heterocycles. The van der Waals surface area contributed by atoms with E-state index in [4.69, 9.17) is 15.6 Å². The number of hydrogen-bond donors (Lipinski definition) is 4. The number of aliphatic carboxylic acids is 1. The highest BCUT2D eigenvalue weighted by molar-refractivity contribution is 5.96. The van der Waals surface area contributed by atoms with Crippen molar-refractivity contribution < 1.29 is 24.2 Å². The number of carboxylic acids is 1. The number of anilines is 1. The van der Waals surface area contributed by atoms with Crippen molar-refractivity contribution in [2.24, 2.45) is 17.6 Å². The lowest BCUT2D eigenvalue weighted by Gasteiger charge is -2.27. The van der Waals surface area contributed by atoms with E-state index in [0.29, 0.717) is 36.1 Å². The smallest absolute Gasteiger partial charge is 0.307 e. The van der Waals surface area contributed by atoms with E-state index in [1.165, 1.54) is 0 Å². The van der Waals surface area contributed by atoms with E-state index in [9.17, 15) is 14.4 Å². The molecule has 1 saturated carbocycles. The number of nitrogens with zero attached hydrogens (tertiary/aromatic N) is 1. The van der Waals surface area contributed by atoms with Gasteiger partial charge in [0.2, 0.25) is 11.8 Å². The molecular formula is C31H36N4O5. The molecule has 5 N–H and O–H groups in total. The molecule has 0 bridgehead atoms. The van der Waals surface area contributed by atoms with Gasteiger partial charge in [0.15, 0.2) is 0 Å². The zero-order chi connectivity index (χ0) is 28.3. The molecular weight excluding hydrogens is 508 g/mol. The quantitative estimate of drug-likeness (QED) is 0.271. The van der Waals surface area contributed by atoms with E-state index in [2.05, 4.69) is 15.6 Å². The Balaban J connectivity index is 1.43. The Kier molecular flexibility index (Phi) is 10.2. The number of carboxylic acid groups (broad SMARTS) is 1. The monoisotopic (exact) mass is 544 g/mol. The minimum absolute atomic E-state index is 0.0383. The van der Waals surface area contributed by atoms with Crippen molar-refractivity contribution >= 4 is 23.5 Å². The van der Waals surface area contributed by atoms with Crippen LogP contribution in [0, 0.1) is 11.8 Å². The summed E-state index contributed by atoms with van der Waals surface area (Å²) in [6, 6.07) is 17.8. The normalized spacial score (nSPS) is 17.4. The summed E-state index contributed by atoms with van der Waals surface area (Å²) in [5.41, 5.74) is 8.71. The van der Waals surface area contributed by atoms with Gasteiger partial charge in [-0.15, -0.1) is 0 Å². The molecule has 0 radical (unpaired) electrons. The second-order valence-corrected chi connectivity index (χ2v) is 10.2. The molecule has 1 atom stereocenters. The van der Waals surface area contributed by atoms with Crippen molar-refractivity contribution in [1.29, 1.82) is 0 Å². The summed E-state index contributed by atoms with van der Waals surface area (Å²) in [5.74, 6) is -0.808. The van der Waals surface area contributed by atoms with Crippen LogP contribution in [-0.4, -0.2) is 41.0 Å². The summed E-state index contributed by atoms with van der Waals surface area (Å²) in [6.07, 6.45) is 6.82. The van der Waals surface area contributed by atoms with E-state index in [1.807, 2.05) is 36.4 Å². The van der Waals surface area contributed by atoms with E-state index in [1.54, 1.807) is 36.7 Å². The zero-order valence-electron chi connectivity index (χ0n) is 22.4. The minimum atomic E-state index is -0.919. The fourth-order valence-electron chi connectivity index (χ4n) is 4.92. The van der Waals surface area contributed by atoms with Crippen LogP contribution in [0.3, 0.4) is 0 Å². The number of amides is 2. The maximum Gasteiger partial charge on any atom is 0.307 e. The lowest BCUT2D eigenvalue weighted by atomic mass is 9.81. The van der Waals surface area contributed by atoms with Crippen molar-refractivity contribution in [3.63, 3.8) is 0 Å². The van der Waals surface area contributed by atoms with Gasteiger partial charge in [0.05, 0.1) is 12.3 Å². The molecule has 3 aromatic rings. The van der Waals surface area contributed by atoms with Crippen molar-refractivity contribution in [3.05, 3.63) is 89.7 Å². The highest BCUT2D eigenvalue weighted by atomic mass is 16.5. The molecule has 0 saturated heterocycles. The van der Waals surface area contributed by atoms with Gasteiger partial charge in [-0.2, -0.15) is 0 Å². The Morgan fingerprint density at radius 2 is 1.60 bits per heavy atom. The maximum absolute atomic E-state index is 13.4. The third kappa shape index (κ3) is 8.38. The van der Waals surface area contributed by atoms with Crippen LogP contribution in [0.5, 0.6) is 5.75 Å². The highest BCUT2D eigenvalue weighted by Crippen LogP contribution is 2.29. The first-order chi connectivity index (χ1) is 19.4. The molecule has 9 heteroatoms. The van der Waals surface area contributed by atoms with Gasteiger partial charge in [0.25, 0.3) is 0 Å². The van der Waals surface area contributed by atoms with Gasteiger partial charge in [0.1, 0.15) is 12.4 Å². The fourth-order valence-corrected chi connectivity index (χ4v) is 4.92. The van der Waals surface area contributed by atoms with Gasteiger partial charge in [-0.05, 0) is 91.2 Å². The topological polar surface area (TPSA) is 144 Å². The summed E-state index contributed by atoms with van der Waals surface area (Å²) in [5, 5.41) is 14.9. The number of rotatable bonds is 12. The number of pyridine rings is 1. The largest absolute Gasteiger partial charge is 0.489 e. The molecule has 1 heterocycles. The molecule has 1 unspecified atom stereocenters. The molecule has 210 valence electrons. The molecule has 4 rings (SSSR count). The molecule has 1 aliphatic rings. The fraction of sp³-hybridized carbons (Fsp3) is 0.355. The number of carbonyl (C=O) groups is 3. The molecule has 1 aliphatic carbocycles. The Morgan fingerprint density at radius 3 is 2.23 bits per heavy atom. The van der Waals surface area contributed by atoms with Crippen LogP contribution in [0.25, 0.3) is 0 Å². The van der Waals surface area contributed by atoms with Crippen LogP contribution in [0.2, 0.25) is 0 Å². The average molecular weight is 545 g/mol. The third-order valence-corrected chi connectivity index (χ3v) is 7.36. The third-order valence-electron chi connectivity index (χ3n) is 7.36. The number of benzene rings is 2. The van der Waals surface area contributed by atoms with E-state index >= 15 is 0 Å². The van der Waals surface area contributed by atoms with Gasteiger partial charge in [-0.3, -0.25) is 19.4 Å². The summed E-state index contributed by atoms with van der Waals surface area (Å²) >= 11 is 0. The maximum atomic E-state index is 13.4. The van der Waals surface area contributed by atoms with E-state index in [0.717, 1.165) is 36.8 Å². The van der Waals surface area contributed by atoms with Crippen molar-refractivity contribution in [3.8, 4) is 5.75 Å². The van der Waals surface area contributed by atoms with Gasteiger partial charge >= 0.3 is 5.97 Å². The van der Waals surface area contributed by atoms with Crippen LogP contribution in [0.4, 0.5) is 5.69 Å². The lowest BCUT2D eigenvalue weighted by molar-refractivity contribution is -0.136. The average Bonchev–Trinajstić information content (AvgIpc) is 2.98. The molecule has 1 fully saturated rings. The Morgan fingerprint density at radius 1 is 0.925 bits per heavy atom. The first kappa shape index (κ1) is 28.8. The first-order valence-corrected chi connectivity index (χ1v) is 13.6. The Bertz CT molecular complexity index is 1260. The van der Waals surface area contributed by atoms with Crippen molar-refractivity contribution in [1.82, 2.24) is 10.3 Å². The Labute approximate surface area is 234 Å². The Hall–Kier alpha value is -4.24. The minimum Gasteiger partial charge on any atom is -0.489 e. The van der Waals surface area contributed by atoms with Crippen molar-refractivity contribution in [2.45, 2.75) is 44.6 Å². The summed E-state index contributed by atoms with van der Waals surface area (Å²) in [6.45, 7) is 1.19. The standard InChI is InChI=1S/C31H36N4O5/c32-18-22-1-5-25(6-2-22)30(38)34-19-28(31(39)35-26-9-3-21(4-10-26)17-29(36)37)24-7-11-27(12-8-24)40-20-23-13-15-33-16-14-23/h3-4,7-16,22,25,28H,1-2,5-6,17-20,32H2,(H,34,38)(H,35,39)(H,36,37). The number of nitrogens with two attached hydrogens (primary N) is 1. The highest BCUT2D eigenvalue weighted by Gasteiger charge is 2.28. The first-order valence-electron chi connectivity index (χ1n) is 13.6. The predicted octanol–water partition coefficient (Wildman–Crippen LogP) is 3.89.